The molecule has 1 aromatic rings. The van der Waals surface area contributed by atoms with Gasteiger partial charge in [-0.15, -0.1) is 0 Å². The van der Waals surface area contributed by atoms with Crippen LogP contribution in [-0.4, -0.2) is 9.36 Å². The molecule has 50 valence electrons. The van der Waals surface area contributed by atoms with Crippen molar-refractivity contribution in [3.8, 4) is 0 Å². The van der Waals surface area contributed by atoms with Gasteiger partial charge in [0.2, 0.25) is 0 Å². The summed E-state index contributed by atoms with van der Waals surface area (Å²) in [6, 6.07) is 0.0810. The first-order valence-electron chi connectivity index (χ1n) is 2.86. The van der Waals surface area contributed by atoms with E-state index in [-0.39, 0.29) is 6.04 Å². The van der Waals surface area contributed by atoms with Gasteiger partial charge in [-0.2, -0.15) is 4.37 Å². The normalized spacial score (nSPS) is 13.6. The first-order chi connectivity index (χ1) is 4.34. The molecule has 1 atom stereocenters. The largest absolute Gasteiger partial charge is 0.322 e. The van der Waals surface area contributed by atoms with Crippen LogP contribution >= 0.6 is 11.5 Å². The second kappa shape index (κ2) is 2.89. The molecule has 1 unspecified atom stereocenters. The quantitative estimate of drug-likeness (QED) is 0.670. The fraction of sp³-hybridized carbons (Fsp3) is 0.600. The molecular formula is C5H9N3S. The van der Waals surface area contributed by atoms with Gasteiger partial charge in [0.25, 0.3) is 0 Å². The zero-order chi connectivity index (χ0) is 6.69. The molecule has 0 aliphatic rings. The van der Waals surface area contributed by atoms with Crippen LogP contribution in [0.5, 0.6) is 0 Å². The maximum absolute atomic E-state index is 5.65. The molecule has 0 aromatic carbocycles. The highest BCUT2D eigenvalue weighted by Crippen LogP contribution is 2.12. The van der Waals surface area contributed by atoms with E-state index in [1.165, 1.54) is 17.9 Å². The zero-order valence-corrected chi connectivity index (χ0v) is 6.06. The van der Waals surface area contributed by atoms with Gasteiger partial charge in [-0.05, 0) is 18.0 Å². The van der Waals surface area contributed by atoms with Crippen LogP contribution in [0.3, 0.4) is 0 Å². The van der Waals surface area contributed by atoms with Gasteiger partial charge in [0, 0.05) is 0 Å². The van der Waals surface area contributed by atoms with Gasteiger partial charge in [0.05, 0.1) is 6.04 Å². The summed E-state index contributed by atoms with van der Waals surface area (Å²) < 4.78 is 3.84. The maximum Gasteiger partial charge on any atom is 0.130 e. The molecule has 2 N–H and O–H groups in total. The average molecular weight is 143 g/mol. The lowest BCUT2D eigenvalue weighted by molar-refractivity contribution is 0.692. The van der Waals surface area contributed by atoms with Crippen LogP contribution in [0.15, 0.2) is 6.33 Å². The highest BCUT2D eigenvalue weighted by atomic mass is 32.1. The van der Waals surface area contributed by atoms with Gasteiger partial charge < -0.3 is 5.73 Å². The molecule has 0 saturated heterocycles. The summed E-state index contributed by atoms with van der Waals surface area (Å²) in [6.07, 6.45) is 2.46. The molecule has 0 aliphatic heterocycles. The second-order valence-electron chi connectivity index (χ2n) is 1.79. The van der Waals surface area contributed by atoms with Crippen LogP contribution < -0.4 is 5.73 Å². The van der Waals surface area contributed by atoms with Crippen molar-refractivity contribution in [3.63, 3.8) is 0 Å². The van der Waals surface area contributed by atoms with Crippen LogP contribution in [0.4, 0.5) is 0 Å². The molecule has 0 fully saturated rings. The maximum atomic E-state index is 5.65. The number of nitrogens with two attached hydrogens (primary N) is 1. The number of nitrogens with zero attached hydrogens (tertiary/aromatic N) is 2. The summed E-state index contributed by atoms with van der Waals surface area (Å²) in [7, 11) is 0. The Morgan fingerprint density at radius 1 is 1.89 bits per heavy atom. The number of hydrogen-bond acceptors (Lipinski definition) is 4. The minimum Gasteiger partial charge on any atom is -0.322 e. The number of aromatic nitrogens is 2. The Balaban J connectivity index is 2.65. The van der Waals surface area contributed by atoms with Gasteiger partial charge >= 0.3 is 0 Å². The molecule has 1 rings (SSSR count). The highest BCUT2D eigenvalue weighted by Gasteiger charge is 2.04. The molecule has 0 bridgehead atoms. The summed E-state index contributed by atoms with van der Waals surface area (Å²) in [5, 5.41) is 0.928. The number of hydrogen-bond donors (Lipinski definition) is 1. The Hall–Kier alpha value is -0.480. The minimum absolute atomic E-state index is 0.0810. The van der Waals surface area contributed by atoms with Gasteiger partial charge in [0.1, 0.15) is 11.3 Å². The summed E-state index contributed by atoms with van der Waals surface area (Å²) in [5.41, 5.74) is 5.65. The van der Waals surface area contributed by atoms with E-state index in [4.69, 9.17) is 5.73 Å². The van der Waals surface area contributed by atoms with E-state index >= 15 is 0 Å². The van der Waals surface area contributed by atoms with E-state index in [9.17, 15) is 0 Å². The Kier molecular flexibility index (Phi) is 2.13. The Bertz CT molecular complexity index is 161. The van der Waals surface area contributed by atoms with E-state index in [0.717, 1.165) is 11.4 Å². The van der Waals surface area contributed by atoms with Crippen molar-refractivity contribution in [2.45, 2.75) is 19.4 Å². The lowest BCUT2D eigenvalue weighted by Gasteiger charge is -2.00. The van der Waals surface area contributed by atoms with Crippen molar-refractivity contribution in [1.29, 1.82) is 0 Å². The van der Waals surface area contributed by atoms with Crippen LogP contribution in [0, 0.1) is 0 Å². The molecule has 0 aliphatic carbocycles. The van der Waals surface area contributed by atoms with Crippen molar-refractivity contribution in [2.75, 3.05) is 0 Å². The van der Waals surface area contributed by atoms with Crippen LogP contribution in [-0.2, 0) is 0 Å². The van der Waals surface area contributed by atoms with Gasteiger partial charge in [-0.1, -0.05) is 6.92 Å². The lowest BCUT2D eigenvalue weighted by atomic mass is 10.3. The lowest BCUT2D eigenvalue weighted by Crippen LogP contribution is -2.07. The molecule has 3 nitrogen and oxygen atoms in total. The molecule has 1 heterocycles. The fourth-order valence-corrected chi connectivity index (χ4v) is 1.12. The Morgan fingerprint density at radius 2 is 2.67 bits per heavy atom. The predicted octanol–water partition coefficient (Wildman–Crippen LogP) is 0.948. The SMILES string of the molecule is CCC(N)c1ncns1. The number of rotatable bonds is 2. The first-order valence-corrected chi connectivity index (χ1v) is 3.64. The highest BCUT2D eigenvalue weighted by molar-refractivity contribution is 7.05. The third kappa shape index (κ3) is 1.46. The molecule has 4 heteroatoms. The van der Waals surface area contributed by atoms with Crippen LogP contribution in [0.25, 0.3) is 0 Å². The summed E-state index contributed by atoms with van der Waals surface area (Å²) in [6.45, 7) is 2.03. The standard InChI is InChI=1S/C5H9N3S/c1-2-4(6)5-7-3-8-9-5/h3-4H,2,6H2,1H3. The van der Waals surface area contributed by atoms with E-state index in [1.807, 2.05) is 6.92 Å². The van der Waals surface area contributed by atoms with E-state index in [1.54, 1.807) is 0 Å². The molecule has 1 aromatic heterocycles. The van der Waals surface area contributed by atoms with E-state index in [0.29, 0.717) is 0 Å². The fourth-order valence-electron chi connectivity index (χ4n) is 0.520. The minimum atomic E-state index is 0.0810. The molecule has 0 amide bonds. The van der Waals surface area contributed by atoms with Crippen molar-refractivity contribution < 1.29 is 0 Å². The molecule has 9 heavy (non-hydrogen) atoms. The van der Waals surface area contributed by atoms with Gasteiger partial charge in [-0.25, -0.2) is 4.98 Å². The summed E-state index contributed by atoms with van der Waals surface area (Å²) in [4.78, 5) is 3.97. The summed E-state index contributed by atoms with van der Waals surface area (Å²) >= 11 is 1.37. The van der Waals surface area contributed by atoms with Crippen LogP contribution in [0.1, 0.15) is 24.4 Å². The molecular weight excluding hydrogens is 134 g/mol. The molecule has 0 radical (unpaired) electrons. The smallest absolute Gasteiger partial charge is 0.130 e. The topological polar surface area (TPSA) is 51.8 Å². The zero-order valence-electron chi connectivity index (χ0n) is 5.24. The van der Waals surface area contributed by atoms with E-state index in [2.05, 4.69) is 9.36 Å². The second-order valence-corrected chi connectivity index (χ2v) is 2.61. The van der Waals surface area contributed by atoms with Crippen molar-refractivity contribution in [3.05, 3.63) is 11.3 Å². The monoisotopic (exact) mass is 143 g/mol. The predicted molar refractivity (Wildman–Crippen MR) is 37.1 cm³/mol. The van der Waals surface area contributed by atoms with Crippen molar-refractivity contribution >= 4 is 11.5 Å². The van der Waals surface area contributed by atoms with Crippen molar-refractivity contribution in [1.82, 2.24) is 9.36 Å². The third-order valence-electron chi connectivity index (χ3n) is 1.14. The van der Waals surface area contributed by atoms with Crippen molar-refractivity contribution in [2.24, 2.45) is 5.73 Å². The molecule has 0 spiro atoms. The van der Waals surface area contributed by atoms with Crippen LogP contribution in [0.2, 0.25) is 0 Å². The Morgan fingerprint density at radius 3 is 3.11 bits per heavy atom. The average Bonchev–Trinajstić information content (AvgIpc) is 2.37. The molecule has 0 saturated carbocycles. The van der Waals surface area contributed by atoms with Gasteiger partial charge in [-0.3, -0.25) is 0 Å². The van der Waals surface area contributed by atoms with E-state index < -0.39 is 0 Å². The Labute approximate surface area is 58.1 Å². The summed E-state index contributed by atoms with van der Waals surface area (Å²) in [5.74, 6) is 0. The third-order valence-corrected chi connectivity index (χ3v) is 1.93. The van der Waals surface area contributed by atoms with Gasteiger partial charge in [0.15, 0.2) is 0 Å². The first kappa shape index (κ1) is 6.64.